The minimum atomic E-state index is -1.54. The van der Waals surface area contributed by atoms with Crippen LogP contribution in [0.2, 0.25) is 0 Å². The summed E-state index contributed by atoms with van der Waals surface area (Å²) in [5.74, 6) is -2.48. The number of nitrogen functional groups attached to an aromatic ring is 1. The van der Waals surface area contributed by atoms with Gasteiger partial charge in [0.15, 0.2) is 16.6 Å². The number of anilines is 1. The number of carboxylic acid groups (broad SMARTS) is 1. The lowest BCUT2D eigenvalue weighted by Crippen LogP contribution is -2.71. The third-order valence-corrected chi connectivity index (χ3v) is 7.76. The van der Waals surface area contributed by atoms with E-state index in [1.54, 1.807) is 6.07 Å². The van der Waals surface area contributed by atoms with Crippen LogP contribution in [0.3, 0.4) is 0 Å². The number of furan rings is 1. The third-order valence-electron chi connectivity index (χ3n) is 4.79. The van der Waals surface area contributed by atoms with Gasteiger partial charge in [-0.2, -0.15) is 0 Å². The van der Waals surface area contributed by atoms with Crippen molar-refractivity contribution in [2.24, 2.45) is 5.16 Å². The van der Waals surface area contributed by atoms with Crippen LogP contribution < -0.4 is 16.2 Å². The number of fused-ring (bicyclic) bond motifs is 1. The normalized spacial score (nSPS) is 20.0. The average Bonchev–Trinajstić information content (AvgIpc) is 3.50. The molecule has 4 heterocycles. The Labute approximate surface area is 204 Å². The van der Waals surface area contributed by atoms with Crippen molar-refractivity contribution in [2.45, 2.75) is 11.4 Å². The predicted molar refractivity (Wildman–Crippen MR) is 123 cm³/mol. The molecular weight excluding hydrogens is 506 g/mol. The first-order chi connectivity index (χ1) is 16.3. The van der Waals surface area contributed by atoms with E-state index in [0.717, 1.165) is 28.0 Å². The Morgan fingerprint density at radius 3 is 2.88 bits per heavy atom. The molecule has 2 aliphatic rings. The minimum absolute atomic E-state index is 0.0409. The van der Waals surface area contributed by atoms with Crippen LogP contribution in [-0.2, 0) is 19.2 Å². The zero-order valence-corrected chi connectivity index (χ0v) is 19.8. The minimum Gasteiger partial charge on any atom is -0.543 e. The fourth-order valence-corrected chi connectivity index (χ4v) is 6.13. The van der Waals surface area contributed by atoms with Crippen LogP contribution in [0.15, 0.2) is 44.6 Å². The van der Waals surface area contributed by atoms with Gasteiger partial charge in [0.2, 0.25) is 0 Å². The highest BCUT2D eigenvalue weighted by Gasteiger charge is 2.53. The molecule has 0 aliphatic carbocycles. The lowest BCUT2D eigenvalue weighted by atomic mass is 10.0. The highest BCUT2D eigenvalue weighted by molar-refractivity contribution is 8.14. The highest BCUT2D eigenvalue weighted by atomic mass is 32.2. The molecule has 0 bridgehead atoms. The molecule has 0 aromatic carbocycles. The Bertz CT molecular complexity index is 1210. The first-order valence-corrected chi connectivity index (χ1v) is 12.4. The number of thioether (sulfide) groups is 2. The molecule has 1 saturated heterocycles. The summed E-state index contributed by atoms with van der Waals surface area (Å²) in [6.07, 6.45) is 1.36. The van der Waals surface area contributed by atoms with Crippen LogP contribution in [-0.4, -0.2) is 68.5 Å². The van der Waals surface area contributed by atoms with Crippen molar-refractivity contribution in [3.05, 3.63) is 46.5 Å². The van der Waals surface area contributed by atoms with Crippen LogP contribution in [0.5, 0.6) is 0 Å². The molecule has 34 heavy (non-hydrogen) atoms. The Morgan fingerprint density at radius 2 is 2.26 bits per heavy atom. The number of nitrogens with one attached hydrogen (secondary N) is 1. The third kappa shape index (κ3) is 4.53. The fraction of sp³-hybridized carbons (Fsp3) is 0.263. The van der Waals surface area contributed by atoms with Gasteiger partial charge in [0, 0.05) is 16.9 Å². The largest absolute Gasteiger partial charge is 0.543 e. The average molecular weight is 523 g/mol. The van der Waals surface area contributed by atoms with E-state index >= 15 is 0 Å². The summed E-state index contributed by atoms with van der Waals surface area (Å²) in [4.78, 5) is 59.4. The maximum absolute atomic E-state index is 12.8. The SMILES string of the molecule is CO/N=C(\C(=O)N[C@@H]1C(=O)N2C(C(=O)[O-])=C(CSC(=O)c3ccco3)CS[C@H]12)c1csc(N)n1. The van der Waals surface area contributed by atoms with Gasteiger partial charge in [-0.3, -0.25) is 19.3 Å². The van der Waals surface area contributed by atoms with E-state index in [0.29, 0.717) is 5.57 Å². The van der Waals surface area contributed by atoms with Gasteiger partial charge < -0.3 is 30.2 Å². The van der Waals surface area contributed by atoms with Crippen LogP contribution in [0.25, 0.3) is 0 Å². The number of carbonyl (C=O) groups is 4. The summed E-state index contributed by atoms with van der Waals surface area (Å²) in [6, 6.07) is 2.08. The molecule has 2 aromatic heterocycles. The van der Waals surface area contributed by atoms with E-state index in [4.69, 9.17) is 15.0 Å². The van der Waals surface area contributed by atoms with Crippen LogP contribution in [0.4, 0.5) is 5.13 Å². The van der Waals surface area contributed by atoms with Crippen molar-refractivity contribution >= 4 is 68.6 Å². The summed E-state index contributed by atoms with van der Waals surface area (Å²) >= 11 is 3.22. The maximum atomic E-state index is 12.8. The zero-order valence-electron chi connectivity index (χ0n) is 17.4. The molecule has 2 aliphatic heterocycles. The Kier molecular flexibility index (Phi) is 6.95. The fourth-order valence-electron chi connectivity index (χ4n) is 3.30. The monoisotopic (exact) mass is 522 g/mol. The Balaban J connectivity index is 1.47. The Hall–Kier alpha value is -3.30. The van der Waals surface area contributed by atoms with Gasteiger partial charge in [0.25, 0.3) is 16.9 Å². The zero-order chi connectivity index (χ0) is 24.4. The number of rotatable bonds is 8. The van der Waals surface area contributed by atoms with Gasteiger partial charge >= 0.3 is 0 Å². The number of carboxylic acids is 1. The first-order valence-electron chi connectivity index (χ1n) is 9.53. The van der Waals surface area contributed by atoms with Crippen molar-refractivity contribution in [3.63, 3.8) is 0 Å². The van der Waals surface area contributed by atoms with E-state index in [9.17, 15) is 24.3 Å². The lowest BCUT2D eigenvalue weighted by Gasteiger charge is -2.50. The number of aromatic nitrogens is 1. The molecule has 0 unspecified atom stereocenters. The topological polar surface area (TPSA) is 180 Å². The summed E-state index contributed by atoms with van der Waals surface area (Å²) < 4.78 is 5.04. The number of carbonyl (C=O) groups excluding carboxylic acids is 4. The van der Waals surface area contributed by atoms with Gasteiger partial charge in [0.05, 0.1) is 17.9 Å². The summed E-state index contributed by atoms with van der Waals surface area (Å²) in [7, 11) is 1.25. The van der Waals surface area contributed by atoms with E-state index in [2.05, 4.69) is 15.5 Å². The number of amides is 2. The van der Waals surface area contributed by atoms with Crippen molar-refractivity contribution in [2.75, 3.05) is 24.3 Å². The second-order valence-corrected chi connectivity index (χ2v) is 9.79. The molecule has 12 nitrogen and oxygen atoms in total. The molecule has 0 spiro atoms. The van der Waals surface area contributed by atoms with Crippen molar-refractivity contribution in [1.29, 1.82) is 0 Å². The molecule has 3 N–H and O–H groups in total. The standard InChI is InChI=1S/C19H17N5O7S3/c1-30-23-11(9-7-34-19(20)21-9)14(25)22-12-15(26)24-13(17(27)28)8(5-32-16(12)24)6-33-18(29)10-3-2-4-31-10/h2-4,7,12,16H,5-6H2,1H3,(H2,20,21)(H,22,25)(H,27,28)/p-1/b23-11-/t12-,16-/m1/s1. The van der Waals surface area contributed by atoms with Crippen LogP contribution in [0, 0.1) is 0 Å². The predicted octanol–water partition coefficient (Wildman–Crippen LogP) is -0.354. The lowest BCUT2D eigenvalue weighted by molar-refractivity contribution is -0.301. The number of β-lactam (4-membered cyclic amide) rings is 1. The van der Waals surface area contributed by atoms with Crippen molar-refractivity contribution < 1.29 is 33.5 Å². The van der Waals surface area contributed by atoms with Crippen LogP contribution in [0.1, 0.15) is 16.2 Å². The number of aliphatic carboxylic acids is 1. The molecule has 4 rings (SSSR count). The van der Waals surface area contributed by atoms with E-state index in [-0.39, 0.29) is 44.6 Å². The van der Waals surface area contributed by atoms with Gasteiger partial charge in [-0.1, -0.05) is 16.9 Å². The smallest absolute Gasteiger partial charge is 0.276 e. The second kappa shape index (κ2) is 9.90. The number of thiazole rings is 1. The summed E-state index contributed by atoms with van der Waals surface area (Å²) in [5, 5.41) is 18.8. The van der Waals surface area contributed by atoms with Gasteiger partial charge in [-0.25, -0.2) is 4.98 Å². The molecule has 15 heteroatoms. The molecule has 0 radical (unpaired) electrons. The molecular formula is C19H16N5O7S3-. The van der Waals surface area contributed by atoms with E-state index in [1.807, 2.05) is 0 Å². The molecule has 2 amide bonds. The molecule has 2 atom stereocenters. The number of hydrogen-bond donors (Lipinski definition) is 2. The number of oxime groups is 1. The maximum Gasteiger partial charge on any atom is 0.276 e. The van der Waals surface area contributed by atoms with Gasteiger partial charge in [0.1, 0.15) is 24.2 Å². The van der Waals surface area contributed by atoms with Gasteiger partial charge in [-0.05, 0) is 17.7 Å². The molecule has 1 fully saturated rings. The highest BCUT2D eigenvalue weighted by Crippen LogP contribution is 2.41. The van der Waals surface area contributed by atoms with Crippen molar-refractivity contribution in [3.8, 4) is 0 Å². The summed E-state index contributed by atoms with van der Waals surface area (Å²) in [5.41, 5.74) is 5.68. The van der Waals surface area contributed by atoms with Crippen LogP contribution >= 0.6 is 34.9 Å². The van der Waals surface area contributed by atoms with Crippen molar-refractivity contribution in [1.82, 2.24) is 15.2 Å². The van der Waals surface area contributed by atoms with E-state index < -0.39 is 29.2 Å². The number of nitrogens with two attached hydrogens (primary N) is 1. The molecule has 178 valence electrons. The second-order valence-electron chi connectivity index (χ2n) is 6.85. The number of hydrogen-bond acceptors (Lipinski definition) is 13. The van der Waals surface area contributed by atoms with E-state index in [1.165, 1.54) is 36.6 Å². The molecule has 0 saturated carbocycles. The quantitative estimate of drug-likeness (QED) is 0.263. The first kappa shape index (κ1) is 23.8. The van der Waals surface area contributed by atoms with Gasteiger partial charge in [-0.15, -0.1) is 23.1 Å². The molecule has 2 aromatic rings. The number of nitrogens with zero attached hydrogens (tertiary/aromatic N) is 3. The Morgan fingerprint density at radius 1 is 1.47 bits per heavy atom. The summed E-state index contributed by atoms with van der Waals surface area (Å²) in [6.45, 7) is 0.